The summed E-state index contributed by atoms with van der Waals surface area (Å²) in [5.41, 5.74) is -0.847. The van der Waals surface area contributed by atoms with Crippen molar-refractivity contribution in [2.75, 3.05) is 56.6 Å². The molecule has 0 radical (unpaired) electrons. The number of ketones is 1. The van der Waals surface area contributed by atoms with Crippen LogP contribution in [0.5, 0.6) is 0 Å². The van der Waals surface area contributed by atoms with Crippen LogP contribution in [-0.2, 0) is 22.3 Å². The number of piperazine rings is 1. The van der Waals surface area contributed by atoms with Gasteiger partial charge in [0.25, 0.3) is 0 Å². The Morgan fingerprint density at radius 2 is 1.81 bits per heavy atom. The summed E-state index contributed by atoms with van der Waals surface area (Å²) in [5, 5.41) is 13.7. The monoisotopic (exact) mass is 592 g/mol. The van der Waals surface area contributed by atoms with E-state index in [-0.39, 0.29) is 48.2 Å². The Morgan fingerprint density at radius 1 is 1.12 bits per heavy atom. The number of alkyl halides is 3. The molecule has 1 aliphatic heterocycles. The number of rotatable bonds is 9. The van der Waals surface area contributed by atoms with Crippen LogP contribution in [0, 0.1) is 12.7 Å². The summed E-state index contributed by atoms with van der Waals surface area (Å²) in [6.45, 7) is 6.14. The summed E-state index contributed by atoms with van der Waals surface area (Å²) in [6.07, 6.45) is -0.155. The summed E-state index contributed by atoms with van der Waals surface area (Å²) < 4.78 is 62.1. The van der Waals surface area contributed by atoms with Gasteiger partial charge in [-0.3, -0.25) is 14.6 Å². The quantitative estimate of drug-likeness (QED) is 0.375. The van der Waals surface area contributed by atoms with E-state index in [1.807, 2.05) is 4.90 Å². The van der Waals surface area contributed by atoms with Crippen molar-refractivity contribution in [1.82, 2.24) is 19.8 Å². The third-order valence-corrected chi connectivity index (χ3v) is 6.88. The Labute approximate surface area is 240 Å². The van der Waals surface area contributed by atoms with Crippen LogP contribution >= 0.6 is 0 Å². The molecular formula is C28H32F4N6O4. The molecule has 2 aromatic rings. The van der Waals surface area contributed by atoms with Crippen LogP contribution in [0.1, 0.15) is 36.0 Å². The number of nitrogens with one attached hydrogen (secondary N) is 2. The maximum atomic E-state index is 15.0. The number of aliphatic hydroxyl groups excluding tert-OH is 1. The predicted octanol–water partition coefficient (Wildman–Crippen LogP) is 3.97. The van der Waals surface area contributed by atoms with Gasteiger partial charge in [0.05, 0.1) is 42.0 Å². The van der Waals surface area contributed by atoms with E-state index in [1.54, 1.807) is 24.8 Å². The molecule has 0 spiro atoms. The molecular weight excluding hydrogens is 560 g/mol. The van der Waals surface area contributed by atoms with Gasteiger partial charge in [-0.05, 0) is 37.6 Å². The number of aromatic nitrogens is 2. The first-order valence-electron chi connectivity index (χ1n) is 13.4. The summed E-state index contributed by atoms with van der Waals surface area (Å²) in [6, 6.07) is 0.418. The molecule has 10 nitrogen and oxygen atoms in total. The lowest BCUT2D eigenvalue weighted by molar-refractivity contribution is -0.138. The Balaban J connectivity index is 1.45. The van der Waals surface area contributed by atoms with Gasteiger partial charge >= 0.3 is 12.2 Å². The van der Waals surface area contributed by atoms with Gasteiger partial charge < -0.3 is 20.5 Å². The molecule has 14 heteroatoms. The van der Waals surface area contributed by atoms with Crippen LogP contribution in [0.4, 0.5) is 33.7 Å². The van der Waals surface area contributed by atoms with E-state index in [9.17, 15) is 27.2 Å². The van der Waals surface area contributed by atoms with Gasteiger partial charge in [-0.25, -0.2) is 19.2 Å². The number of halogens is 4. The minimum absolute atomic E-state index is 0.00184. The van der Waals surface area contributed by atoms with Gasteiger partial charge in [0, 0.05) is 51.3 Å². The third-order valence-electron chi connectivity index (χ3n) is 6.88. The zero-order valence-corrected chi connectivity index (χ0v) is 23.2. The van der Waals surface area contributed by atoms with E-state index in [1.165, 1.54) is 12.3 Å². The zero-order chi connectivity index (χ0) is 30.4. The van der Waals surface area contributed by atoms with Crippen LogP contribution in [0.25, 0.3) is 5.57 Å². The van der Waals surface area contributed by atoms with Crippen molar-refractivity contribution in [1.29, 1.82) is 0 Å². The Kier molecular flexibility index (Phi) is 9.91. The summed E-state index contributed by atoms with van der Waals surface area (Å²) in [4.78, 5) is 36.9. The van der Waals surface area contributed by atoms with Gasteiger partial charge in [-0.15, -0.1) is 0 Å². The number of amides is 2. The number of urea groups is 1. The molecule has 0 atom stereocenters. The maximum absolute atomic E-state index is 15.0. The molecule has 0 bridgehead atoms. The zero-order valence-electron chi connectivity index (χ0n) is 23.2. The fourth-order valence-electron chi connectivity index (χ4n) is 4.68. The molecule has 1 saturated heterocycles. The first-order chi connectivity index (χ1) is 20.0. The largest absolute Gasteiger partial charge is 0.490 e. The standard InChI is InChI=1S/C28H32F4N6O4/c1-3-42-25-13-18(4-5-24(25)40)26-33-15-23(17(2)34-26)36-27(41)35-22-14-20(28(30,31)32)19(12-21(22)29)16-38-8-6-37(7-9-38)10-11-39/h4,12-15,39H,3,5-11,16H2,1-2H3,(H2,35,36,41). The fourth-order valence-corrected chi connectivity index (χ4v) is 4.68. The molecule has 4 rings (SSSR count). The van der Waals surface area contributed by atoms with E-state index in [4.69, 9.17) is 9.84 Å². The number of nitrogens with zero attached hydrogens (tertiary/aromatic N) is 4. The minimum atomic E-state index is -4.77. The SMILES string of the molecule is CCOC1=CC(c2ncc(NC(=O)Nc3cc(C(F)(F)F)c(CN4CCN(CCO)CC4)cc3F)c(C)n2)=CCC1=O. The number of hydrogen-bond donors (Lipinski definition) is 3. The topological polar surface area (TPSA) is 120 Å². The van der Waals surface area contributed by atoms with Crippen molar-refractivity contribution in [2.45, 2.75) is 33.0 Å². The van der Waals surface area contributed by atoms with Crippen molar-refractivity contribution in [3.05, 3.63) is 64.7 Å². The van der Waals surface area contributed by atoms with E-state index in [0.29, 0.717) is 56.7 Å². The van der Waals surface area contributed by atoms with E-state index in [0.717, 1.165) is 6.07 Å². The number of hydrogen-bond acceptors (Lipinski definition) is 8. The number of allylic oxidation sites excluding steroid dienone is 4. The highest BCUT2D eigenvalue weighted by Gasteiger charge is 2.35. The van der Waals surface area contributed by atoms with Crippen LogP contribution in [-0.4, -0.2) is 82.6 Å². The Hall–Kier alpha value is -3.88. The van der Waals surface area contributed by atoms with Gasteiger partial charge in [0.15, 0.2) is 11.6 Å². The molecule has 2 aliphatic rings. The smallest absolute Gasteiger partial charge is 0.416 e. The third kappa shape index (κ3) is 7.69. The lowest BCUT2D eigenvalue weighted by Crippen LogP contribution is -2.46. The number of carbonyl (C=O) groups is 2. The first kappa shape index (κ1) is 31.1. The van der Waals surface area contributed by atoms with Crippen molar-refractivity contribution in [3.63, 3.8) is 0 Å². The molecule has 0 saturated carbocycles. The van der Waals surface area contributed by atoms with Gasteiger partial charge in [0.1, 0.15) is 5.82 Å². The van der Waals surface area contributed by atoms with E-state index < -0.39 is 29.3 Å². The number of anilines is 2. The predicted molar refractivity (Wildman–Crippen MR) is 147 cm³/mol. The Morgan fingerprint density at radius 3 is 2.45 bits per heavy atom. The van der Waals surface area contributed by atoms with Gasteiger partial charge in [-0.2, -0.15) is 13.2 Å². The van der Waals surface area contributed by atoms with Crippen molar-refractivity contribution >= 4 is 28.8 Å². The van der Waals surface area contributed by atoms with Crippen LogP contribution in [0.15, 0.2) is 36.2 Å². The fraction of sp³-hybridized carbons (Fsp3) is 0.429. The van der Waals surface area contributed by atoms with Gasteiger partial charge in [-0.1, -0.05) is 6.08 Å². The maximum Gasteiger partial charge on any atom is 0.416 e. The van der Waals surface area contributed by atoms with Crippen LogP contribution < -0.4 is 10.6 Å². The number of Topliss-reactive ketones (excluding diaryl/α,β-unsaturated/α-hetero) is 1. The van der Waals surface area contributed by atoms with Crippen molar-refractivity contribution in [2.24, 2.45) is 0 Å². The molecule has 42 heavy (non-hydrogen) atoms. The molecule has 226 valence electrons. The van der Waals surface area contributed by atoms with Crippen LogP contribution in [0.3, 0.4) is 0 Å². The second-order valence-corrected chi connectivity index (χ2v) is 9.83. The highest BCUT2D eigenvalue weighted by atomic mass is 19.4. The number of carbonyl (C=O) groups excluding carboxylic acids is 2. The summed E-state index contributed by atoms with van der Waals surface area (Å²) >= 11 is 0. The number of ether oxygens (including phenoxy) is 1. The molecule has 2 heterocycles. The lowest BCUT2D eigenvalue weighted by atomic mass is 10.0. The second kappa shape index (κ2) is 13.4. The average Bonchev–Trinajstić information content (AvgIpc) is 2.93. The van der Waals surface area contributed by atoms with Crippen molar-refractivity contribution in [3.8, 4) is 0 Å². The molecule has 1 aromatic heterocycles. The highest BCUT2D eigenvalue weighted by Crippen LogP contribution is 2.36. The van der Waals surface area contributed by atoms with E-state index >= 15 is 0 Å². The van der Waals surface area contributed by atoms with Gasteiger partial charge in [0.2, 0.25) is 5.78 Å². The van der Waals surface area contributed by atoms with Crippen molar-refractivity contribution < 1.29 is 37.0 Å². The average molecular weight is 593 g/mol. The molecule has 1 fully saturated rings. The lowest BCUT2D eigenvalue weighted by Gasteiger charge is -2.34. The molecule has 0 unspecified atom stereocenters. The molecule has 3 N–H and O–H groups in total. The number of benzene rings is 1. The molecule has 1 aromatic carbocycles. The number of β-amino-alcohol motifs (C(OH)–C–C–N with tert-alkyl or cyclic N) is 1. The molecule has 2 amide bonds. The van der Waals surface area contributed by atoms with Crippen LogP contribution in [0.2, 0.25) is 0 Å². The first-order valence-corrected chi connectivity index (χ1v) is 13.4. The highest BCUT2D eigenvalue weighted by molar-refractivity contribution is 6.01. The molecule has 1 aliphatic carbocycles. The second-order valence-electron chi connectivity index (χ2n) is 9.83. The van der Waals surface area contributed by atoms with E-state index in [2.05, 4.69) is 20.6 Å². The summed E-state index contributed by atoms with van der Waals surface area (Å²) in [5.74, 6) is -0.691. The number of aliphatic hydroxyl groups is 1. The minimum Gasteiger partial charge on any atom is -0.490 e. The summed E-state index contributed by atoms with van der Waals surface area (Å²) in [7, 11) is 0. The Bertz CT molecular complexity index is 1390. The number of aryl methyl sites for hydroxylation is 1. The normalized spacial score (nSPS) is 16.6.